The Kier molecular flexibility index (Phi) is 7.50. The van der Waals surface area contributed by atoms with Gasteiger partial charge in [-0.05, 0) is 43.2 Å². The second-order valence-electron chi connectivity index (χ2n) is 7.45. The molecular formula is C23H29NO7S. The van der Waals surface area contributed by atoms with Crippen molar-refractivity contribution in [1.82, 2.24) is 4.90 Å². The number of hydrogen-bond donors (Lipinski definition) is 0. The molecular weight excluding hydrogens is 434 g/mol. The monoisotopic (exact) mass is 463 g/mol. The molecule has 0 N–H and O–H groups in total. The highest BCUT2D eigenvalue weighted by molar-refractivity contribution is 7.91. The highest BCUT2D eigenvalue weighted by Crippen LogP contribution is 2.39. The molecule has 2 aromatic rings. The van der Waals surface area contributed by atoms with Crippen molar-refractivity contribution in [3.05, 3.63) is 47.5 Å². The topological polar surface area (TPSA) is 91.4 Å². The summed E-state index contributed by atoms with van der Waals surface area (Å²) in [7, 11) is 1.36. The van der Waals surface area contributed by atoms with Crippen LogP contribution in [-0.4, -0.2) is 64.7 Å². The molecule has 1 aliphatic rings. The van der Waals surface area contributed by atoms with Gasteiger partial charge in [-0.1, -0.05) is 12.1 Å². The summed E-state index contributed by atoms with van der Waals surface area (Å²) in [6.45, 7) is 2.43. The van der Waals surface area contributed by atoms with Gasteiger partial charge in [0.1, 0.15) is 5.75 Å². The van der Waals surface area contributed by atoms with Gasteiger partial charge < -0.3 is 23.8 Å². The molecule has 0 spiro atoms. The van der Waals surface area contributed by atoms with Crippen molar-refractivity contribution in [2.24, 2.45) is 0 Å². The van der Waals surface area contributed by atoms with Gasteiger partial charge in [0.2, 0.25) is 5.75 Å². The van der Waals surface area contributed by atoms with E-state index in [1.54, 1.807) is 41.3 Å². The first-order valence-electron chi connectivity index (χ1n) is 10.4. The number of carbonyl (C=O) groups is 1. The summed E-state index contributed by atoms with van der Waals surface area (Å²) < 4.78 is 46.3. The zero-order chi connectivity index (χ0) is 23.3. The van der Waals surface area contributed by atoms with Gasteiger partial charge in [-0.15, -0.1) is 0 Å². The van der Waals surface area contributed by atoms with Crippen LogP contribution in [-0.2, 0) is 16.4 Å². The number of sulfone groups is 1. The number of benzene rings is 2. The van der Waals surface area contributed by atoms with Crippen molar-refractivity contribution in [3.8, 4) is 23.0 Å². The standard InChI is InChI=1S/C23H29NO7S/c1-5-31-19-9-7-6-8-18(19)23(25)24(17-10-11-32(26,27)15-17)14-16-12-20(28-2)22(30-4)21(13-16)29-3/h6-9,12-13,17H,5,10-11,14-15H2,1-4H3/t17-/m1/s1. The van der Waals surface area contributed by atoms with E-state index in [1.165, 1.54) is 21.3 Å². The molecule has 1 aliphatic heterocycles. The van der Waals surface area contributed by atoms with Gasteiger partial charge in [-0.3, -0.25) is 4.79 Å². The summed E-state index contributed by atoms with van der Waals surface area (Å²) in [5.74, 6) is 1.54. The first-order valence-corrected chi connectivity index (χ1v) is 12.2. The Morgan fingerprint density at radius 3 is 2.22 bits per heavy atom. The van der Waals surface area contributed by atoms with Crippen LogP contribution in [0.1, 0.15) is 29.3 Å². The lowest BCUT2D eigenvalue weighted by Gasteiger charge is -2.29. The van der Waals surface area contributed by atoms with E-state index < -0.39 is 15.9 Å². The fraction of sp³-hybridized carbons (Fsp3) is 0.435. The Morgan fingerprint density at radius 2 is 1.69 bits per heavy atom. The predicted molar refractivity (Wildman–Crippen MR) is 121 cm³/mol. The lowest BCUT2D eigenvalue weighted by molar-refractivity contribution is 0.0676. The smallest absolute Gasteiger partial charge is 0.258 e. The van der Waals surface area contributed by atoms with Crippen LogP contribution in [0, 0.1) is 0 Å². The minimum atomic E-state index is -3.20. The number of amides is 1. The highest BCUT2D eigenvalue weighted by atomic mass is 32.2. The van der Waals surface area contributed by atoms with Gasteiger partial charge in [0.25, 0.3) is 5.91 Å². The summed E-state index contributed by atoms with van der Waals surface area (Å²) in [5, 5.41) is 0. The molecule has 0 aromatic heterocycles. The Morgan fingerprint density at radius 1 is 1.03 bits per heavy atom. The van der Waals surface area contributed by atoms with Crippen LogP contribution >= 0.6 is 0 Å². The first-order chi connectivity index (χ1) is 15.3. The Labute approximate surface area is 188 Å². The fourth-order valence-electron chi connectivity index (χ4n) is 3.89. The molecule has 2 aromatic carbocycles. The third kappa shape index (κ3) is 5.09. The van der Waals surface area contributed by atoms with Crippen LogP contribution in [0.25, 0.3) is 0 Å². The molecule has 9 heteroatoms. The minimum Gasteiger partial charge on any atom is -0.493 e. The van der Waals surface area contributed by atoms with Crippen LogP contribution in [0.5, 0.6) is 23.0 Å². The molecule has 1 amide bonds. The molecule has 32 heavy (non-hydrogen) atoms. The van der Waals surface area contributed by atoms with E-state index >= 15 is 0 Å². The van der Waals surface area contributed by atoms with Gasteiger partial charge in [0.05, 0.1) is 45.0 Å². The van der Waals surface area contributed by atoms with Crippen molar-refractivity contribution < 1.29 is 32.2 Å². The molecule has 1 saturated heterocycles. The number of carbonyl (C=O) groups excluding carboxylic acids is 1. The molecule has 174 valence electrons. The van der Waals surface area contributed by atoms with E-state index in [9.17, 15) is 13.2 Å². The van der Waals surface area contributed by atoms with Gasteiger partial charge in [0.15, 0.2) is 21.3 Å². The van der Waals surface area contributed by atoms with Crippen LogP contribution in [0.2, 0.25) is 0 Å². The van der Waals surface area contributed by atoms with Crippen LogP contribution < -0.4 is 18.9 Å². The molecule has 1 fully saturated rings. The largest absolute Gasteiger partial charge is 0.493 e. The van der Waals surface area contributed by atoms with Gasteiger partial charge in [-0.2, -0.15) is 0 Å². The van der Waals surface area contributed by atoms with Gasteiger partial charge in [0, 0.05) is 12.6 Å². The summed E-state index contributed by atoms with van der Waals surface area (Å²) in [6, 6.07) is 10.1. The lowest BCUT2D eigenvalue weighted by atomic mass is 10.1. The predicted octanol–water partition coefficient (Wildman–Crippen LogP) is 2.94. The van der Waals surface area contributed by atoms with Crippen LogP contribution in [0.3, 0.4) is 0 Å². The normalized spacial score (nSPS) is 16.9. The summed E-state index contributed by atoms with van der Waals surface area (Å²) in [5.41, 5.74) is 1.12. The van der Waals surface area contributed by atoms with Crippen molar-refractivity contribution in [2.75, 3.05) is 39.4 Å². The van der Waals surface area contributed by atoms with Crippen LogP contribution in [0.4, 0.5) is 0 Å². The minimum absolute atomic E-state index is 0.0593. The third-order valence-corrected chi connectivity index (χ3v) is 7.16. The first kappa shape index (κ1) is 23.7. The zero-order valence-corrected chi connectivity index (χ0v) is 19.6. The maximum atomic E-state index is 13.6. The van der Waals surface area contributed by atoms with E-state index in [-0.39, 0.29) is 24.0 Å². The average molecular weight is 464 g/mol. The number of para-hydroxylation sites is 1. The molecule has 0 saturated carbocycles. The second kappa shape index (κ2) is 10.1. The SMILES string of the molecule is CCOc1ccccc1C(=O)N(Cc1cc(OC)c(OC)c(OC)c1)[C@@H]1CCS(=O)(=O)C1. The Bertz CT molecular complexity index is 1040. The average Bonchev–Trinajstić information content (AvgIpc) is 3.16. The van der Waals surface area contributed by atoms with E-state index in [1.807, 2.05) is 6.92 Å². The quantitative estimate of drug-likeness (QED) is 0.565. The molecule has 8 nitrogen and oxygen atoms in total. The van der Waals surface area contributed by atoms with E-state index in [4.69, 9.17) is 18.9 Å². The molecule has 0 aliphatic carbocycles. The van der Waals surface area contributed by atoms with E-state index in [0.717, 1.165) is 5.56 Å². The Hall–Kier alpha value is -2.94. The maximum absolute atomic E-state index is 13.6. The van der Waals surface area contributed by atoms with Crippen LogP contribution in [0.15, 0.2) is 36.4 Å². The molecule has 1 heterocycles. The van der Waals surface area contributed by atoms with E-state index in [0.29, 0.717) is 41.6 Å². The molecule has 1 atom stereocenters. The molecule has 0 unspecified atom stereocenters. The number of ether oxygens (including phenoxy) is 4. The van der Waals surface area contributed by atoms with Crippen molar-refractivity contribution >= 4 is 15.7 Å². The fourth-order valence-corrected chi connectivity index (χ4v) is 5.62. The number of methoxy groups -OCH3 is 3. The summed E-state index contributed by atoms with van der Waals surface area (Å²) >= 11 is 0. The molecule has 0 radical (unpaired) electrons. The third-order valence-electron chi connectivity index (χ3n) is 5.40. The number of nitrogens with zero attached hydrogens (tertiary/aromatic N) is 1. The van der Waals surface area contributed by atoms with Crippen molar-refractivity contribution in [3.63, 3.8) is 0 Å². The van der Waals surface area contributed by atoms with Gasteiger partial charge >= 0.3 is 0 Å². The molecule has 3 rings (SSSR count). The number of hydrogen-bond acceptors (Lipinski definition) is 7. The summed E-state index contributed by atoms with van der Waals surface area (Å²) in [4.78, 5) is 15.2. The molecule has 0 bridgehead atoms. The maximum Gasteiger partial charge on any atom is 0.258 e. The second-order valence-corrected chi connectivity index (χ2v) is 9.68. The Balaban J connectivity index is 2.02. The van der Waals surface area contributed by atoms with Gasteiger partial charge in [-0.25, -0.2) is 8.42 Å². The lowest BCUT2D eigenvalue weighted by Crippen LogP contribution is -2.40. The number of rotatable bonds is 9. The summed E-state index contributed by atoms with van der Waals surface area (Å²) in [6.07, 6.45) is 0.384. The highest BCUT2D eigenvalue weighted by Gasteiger charge is 2.36. The van der Waals surface area contributed by atoms with Crippen molar-refractivity contribution in [2.45, 2.75) is 25.9 Å². The van der Waals surface area contributed by atoms with Crippen molar-refractivity contribution in [1.29, 1.82) is 0 Å². The zero-order valence-electron chi connectivity index (χ0n) is 18.8. The van der Waals surface area contributed by atoms with E-state index in [2.05, 4.69) is 0 Å².